The van der Waals surface area contributed by atoms with Crippen molar-refractivity contribution >= 4 is 23.6 Å². The molecule has 1 aliphatic heterocycles. The highest BCUT2D eigenvalue weighted by atomic mass is 32.2. The first-order valence-corrected chi connectivity index (χ1v) is 7.28. The summed E-state index contributed by atoms with van der Waals surface area (Å²) in [5.41, 5.74) is 0. The van der Waals surface area contributed by atoms with E-state index < -0.39 is 11.9 Å². The third-order valence-electron chi connectivity index (χ3n) is 3.50. The van der Waals surface area contributed by atoms with E-state index in [0.717, 1.165) is 4.90 Å². The molecule has 2 rings (SSSR count). The Bertz CT molecular complexity index is 463. The Labute approximate surface area is 116 Å². The van der Waals surface area contributed by atoms with Gasteiger partial charge in [0.05, 0.1) is 11.7 Å². The zero-order chi connectivity index (χ0) is 13.8. The van der Waals surface area contributed by atoms with Crippen molar-refractivity contribution in [1.29, 1.82) is 0 Å². The highest BCUT2D eigenvalue weighted by molar-refractivity contribution is 8.00. The summed E-state index contributed by atoms with van der Waals surface area (Å²) in [5.74, 6) is -0.852. The van der Waals surface area contributed by atoms with Gasteiger partial charge < -0.3 is 10.0 Å². The molecule has 1 aromatic carbocycles. The fourth-order valence-corrected chi connectivity index (χ4v) is 3.17. The van der Waals surface area contributed by atoms with Gasteiger partial charge in [0.25, 0.3) is 0 Å². The molecular formula is C14H17NO3S. The van der Waals surface area contributed by atoms with Gasteiger partial charge in [-0.1, -0.05) is 18.2 Å². The zero-order valence-electron chi connectivity index (χ0n) is 10.8. The van der Waals surface area contributed by atoms with Crippen molar-refractivity contribution in [2.24, 2.45) is 5.92 Å². The smallest absolute Gasteiger partial charge is 0.308 e. The molecule has 1 aromatic rings. The normalized spacial score (nSPS) is 22.5. The molecule has 1 heterocycles. The van der Waals surface area contributed by atoms with Gasteiger partial charge in [-0.25, -0.2) is 0 Å². The maximum absolute atomic E-state index is 12.1. The van der Waals surface area contributed by atoms with Crippen molar-refractivity contribution in [3.63, 3.8) is 0 Å². The highest BCUT2D eigenvalue weighted by Gasteiger charge is 2.37. The van der Waals surface area contributed by atoms with E-state index in [0.29, 0.717) is 18.7 Å². The molecule has 5 heteroatoms. The second-order valence-corrected chi connectivity index (χ2v) is 5.71. The molecule has 0 spiro atoms. The molecule has 1 N–H and O–H groups in total. The highest BCUT2D eigenvalue weighted by Crippen LogP contribution is 2.26. The number of hydrogen-bond donors (Lipinski definition) is 1. The van der Waals surface area contributed by atoms with Crippen LogP contribution in [0.25, 0.3) is 0 Å². The largest absolute Gasteiger partial charge is 0.481 e. The van der Waals surface area contributed by atoms with Crippen LogP contribution in [0.2, 0.25) is 0 Å². The maximum Gasteiger partial charge on any atom is 0.308 e. The second-order valence-electron chi connectivity index (χ2n) is 4.66. The first kappa shape index (κ1) is 13.9. The lowest BCUT2D eigenvalue weighted by Gasteiger charge is -2.23. The number of likely N-dealkylation sites (tertiary alicyclic amines) is 1. The molecule has 1 fully saturated rings. The molecule has 1 saturated heterocycles. The molecule has 0 saturated carbocycles. The molecule has 0 bridgehead atoms. The van der Waals surface area contributed by atoms with Gasteiger partial charge in [-0.2, -0.15) is 0 Å². The van der Waals surface area contributed by atoms with E-state index in [1.54, 1.807) is 4.90 Å². The number of hydrogen-bond acceptors (Lipinski definition) is 3. The summed E-state index contributed by atoms with van der Waals surface area (Å²) in [5, 5.41) is 9.05. The number of thioether (sulfide) groups is 1. The van der Waals surface area contributed by atoms with Gasteiger partial charge in [0.1, 0.15) is 0 Å². The van der Waals surface area contributed by atoms with E-state index in [1.165, 1.54) is 11.8 Å². The number of carboxylic acid groups (broad SMARTS) is 1. The average molecular weight is 279 g/mol. The van der Waals surface area contributed by atoms with Gasteiger partial charge >= 0.3 is 5.97 Å². The van der Waals surface area contributed by atoms with Crippen LogP contribution >= 0.6 is 11.8 Å². The van der Waals surface area contributed by atoms with Crippen LogP contribution in [0.3, 0.4) is 0 Å². The maximum atomic E-state index is 12.1. The van der Waals surface area contributed by atoms with E-state index >= 15 is 0 Å². The number of nitrogens with zero attached hydrogens (tertiary/aromatic N) is 1. The first-order valence-electron chi connectivity index (χ1n) is 6.29. The van der Waals surface area contributed by atoms with Crippen LogP contribution < -0.4 is 0 Å². The van der Waals surface area contributed by atoms with Gasteiger partial charge in [-0.15, -0.1) is 11.8 Å². The van der Waals surface area contributed by atoms with E-state index in [4.69, 9.17) is 5.11 Å². The van der Waals surface area contributed by atoms with Crippen molar-refractivity contribution < 1.29 is 14.7 Å². The minimum absolute atomic E-state index is 0.0186. The standard InChI is InChI=1S/C14H17NO3S/c1-10-12(14(17)18)7-8-15(10)13(16)9-19-11-5-3-2-4-6-11/h2-6,10,12H,7-9H2,1H3,(H,17,18). The van der Waals surface area contributed by atoms with Crippen LogP contribution in [0.5, 0.6) is 0 Å². The van der Waals surface area contributed by atoms with Gasteiger partial charge in [0, 0.05) is 17.5 Å². The molecule has 0 aliphatic carbocycles. The Morgan fingerprint density at radius 1 is 1.37 bits per heavy atom. The molecule has 1 aliphatic rings. The molecular weight excluding hydrogens is 262 g/mol. The minimum atomic E-state index is -0.807. The number of rotatable bonds is 4. The van der Waals surface area contributed by atoms with E-state index in [2.05, 4.69) is 0 Å². The van der Waals surface area contributed by atoms with Crippen LogP contribution in [0.4, 0.5) is 0 Å². The topological polar surface area (TPSA) is 57.6 Å². The fraction of sp³-hybridized carbons (Fsp3) is 0.429. The van der Waals surface area contributed by atoms with Gasteiger partial charge in [-0.05, 0) is 25.5 Å². The van der Waals surface area contributed by atoms with Crippen LogP contribution in [0.15, 0.2) is 35.2 Å². The molecule has 0 aromatic heterocycles. The van der Waals surface area contributed by atoms with Crippen molar-refractivity contribution in [2.45, 2.75) is 24.3 Å². The predicted molar refractivity (Wildman–Crippen MR) is 74.1 cm³/mol. The average Bonchev–Trinajstić information content (AvgIpc) is 2.79. The second kappa shape index (κ2) is 6.10. The number of carbonyl (C=O) groups is 2. The Hall–Kier alpha value is -1.49. The number of carboxylic acids is 1. The third-order valence-corrected chi connectivity index (χ3v) is 4.49. The van der Waals surface area contributed by atoms with E-state index in [9.17, 15) is 9.59 Å². The SMILES string of the molecule is CC1C(C(=O)O)CCN1C(=O)CSc1ccccc1. The van der Waals surface area contributed by atoms with Crippen molar-refractivity contribution in [1.82, 2.24) is 4.90 Å². The summed E-state index contributed by atoms with van der Waals surface area (Å²) >= 11 is 1.49. The minimum Gasteiger partial charge on any atom is -0.481 e. The lowest BCUT2D eigenvalue weighted by atomic mass is 10.0. The predicted octanol–water partition coefficient (Wildman–Crippen LogP) is 2.10. The molecule has 0 radical (unpaired) electrons. The molecule has 2 atom stereocenters. The Morgan fingerprint density at radius 3 is 2.63 bits per heavy atom. The third kappa shape index (κ3) is 3.29. The van der Waals surface area contributed by atoms with Crippen molar-refractivity contribution in [3.05, 3.63) is 30.3 Å². The summed E-state index contributed by atoms with van der Waals surface area (Å²) in [7, 11) is 0. The fourth-order valence-electron chi connectivity index (χ4n) is 2.37. The summed E-state index contributed by atoms with van der Waals surface area (Å²) in [6, 6.07) is 9.53. The van der Waals surface area contributed by atoms with Crippen molar-refractivity contribution in [3.8, 4) is 0 Å². The van der Waals surface area contributed by atoms with E-state index in [-0.39, 0.29) is 11.9 Å². The molecule has 19 heavy (non-hydrogen) atoms. The monoisotopic (exact) mass is 279 g/mol. The lowest BCUT2D eigenvalue weighted by molar-refractivity contribution is -0.142. The molecule has 4 nitrogen and oxygen atoms in total. The quantitative estimate of drug-likeness (QED) is 0.858. The number of benzene rings is 1. The summed E-state index contributed by atoms with van der Waals surface area (Å²) in [6.07, 6.45) is 0.554. The number of amides is 1. The molecule has 102 valence electrons. The number of carbonyl (C=O) groups excluding carboxylic acids is 1. The Morgan fingerprint density at radius 2 is 2.05 bits per heavy atom. The Kier molecular flexibility index (Phi) is 4.47. The zero-order valence-corrected chi connectivity index (χ0v) is 11.6. The van der Waals surface area contributed by atoms with E-state index in [1.807, 2.05) is 37.3 Å². The Balaban J connectivity index is 1.89. The van der Waals surface area contributed by atoms with Crippen LogP contribution in [0, 0.1) is 5.92 Å². The molecule has 2 unspecified atom stereocenters. The molecule has 1 amide bonds. The van der Waals surface area contributed by atoms with Crippen molar-refractivity contribution in [2.75, 3.05) is 12.3 Å². The van der Waals surface area contributed by atoms with Gasteiger partial charge in [-0.3, -0.25) is 9.59 Å². The van der Waals surface area contributed by atoms with Gasteiger partial charge in [0.15, 0.2) is 0 Å². The number of aliphatic carboxylic acids is 1. The van der Waals surface area contributed by atoms with Crippen LogP contribution in [0.1, 0.15) is 13.3 Å². The summed E-state index contributed by atoms with van der Waals surface area (Å²) in [6.45, 7) is 2.36. The van der Waals surface area contributed by atoms with Crippen LogP contribution in [-0.2, 0) is 9.59 Å². The summed E-state index contributed by atoms with van der Waals surface area (Å²) < 4.78 is 0. The lowest BCUT2D eigenvalue weighted by Crippen LogP contribution is -2.38. The first-order chi connectivity index (χ1) is 9.09. The van der Waals surface area contributed by atoms with Gasteiger partial charge in [0.2, 0.25) is 5.91 Å². The van der Waals surface area contributed by atoms with Crippen LogP contribution in [-0.4, -0.2) is 40.2 Å². The summed E-state index contributed by atoms with van der Waals surface area (Å²) in [4.78, 5) is 25.9.